The molecule has 1 N–H and O–H groups in total. The summed E-state index contributed by atoms with van der Waals surface area (Å²) in [5, 5.41) is 2.98. The Labute approximate surface area is 172 Å². The molecule has 6 heteroatoms. The summed E-state index contributed by atoms with van der Waals surface area (Å²) in [4.78, 5) is 31.4. The SMILES string of the molecule is CN(C)c1ccc(CNC(=O)c2ccc3c(c2)N(C)C(=O)[C@@H]2CCCCN32)cc1. The summed E-state index contributed by atoms with van der Waals surface area (Å²) >= 11 is 0. The molecule has 2 aliphatic rings. The van der Waals surface area contributed by atoms with Gasteiger partial charge in [0.25, 0.3) is 5.91 Å². The van der Waals surface area contributed by atoms with Crippen LogP contribution in [0.15, 0.2) is 42.5 Å². The maximum Gasteiger partial charge on any atom is 0.251 e. The average Bonchev–Trinajstić information content (AvgIpc) is 2.75. The minimum absolute atomic E-state index is 0.0638. The van der Waals surface area contributed by atoms with Crippen molar-refractivity contribution in [3.63, 3.8) is 0 Å². The number of carbonyl (C=O) groups excluding carboxylic acids is 2. The minimum atomic E-state index is -0.133. The Morgan fingerprint density at radius 1 is 1.10 bits per heavy atom. The Morgan fingerprint density at radius 2 is 1.86 bits per heavy atom. The molecular weight excluding hydrogens is 364 g/mol. The zero-order valence-corrected chi connectivity index (χ0v) is 17.3. The van der Waals surface area contributed by atoms with Crippen LogP contribution in [-0.4, -0.2) is 45.5 Å². The van der Waals surface area contributed by atoms with Crippen molar-refractivity contribution in [2.45, 2.75) is 31.8 Å². The number of likely N-dealkylation sites (N-methyl/N-ethyl adjacent to an activating group) is 1. The Hall–Kier alpha value is -3.02. The van der Waals surface area contributed by atoms with Crippen LogP contribution in [0, 0.1) is 0 Å². The molecule has 152 valence electrons. The number of anilines is 3. The Bertz CT molecular complexity index is 923. The monoisotopic (exact) mass is 392 g/mol. The summed E-state index contributed by atoms with van der Waals surface area (Å²) in [5.74, 6) is -0.0122. The fourth-order valence-corrected chi connectivity index (χ4v) is 4.19. The molecule has 1 fully saturated rings. The molecule has 0 bridgehead atoms. The highest BCUT2D eigenvalue weighted by atomic mass is 16.2. The van der Waals surface area contributed by atoms with E-state index in [2.05, 4.69) is 10.2 Å². The van der Waals surface area contributed by atoms with Crippen LogP contribution in [0.5, 0.6) is 0 Å². The van der Waals surface area contributed by atoms with Gasteiger partial charge < -0.3 is 20.0 Å². The molecule has 0 spiro atoms. The lowest BCUT2D eigenvalue weighted by Crippen LogP contribution is -2.54. The van der Waals surface area contributed by atoms with Crippen molar-refractivity contribution in [3.8, 4) is 0 Å². The smallest absolute Gasteiger partial charge is 0.251 e. The van der Waals surface area contributed by atoms with Crippen molar-refractivity contribution in [2.24, 2.45) is 0 Å². The summed E-state index contributed by atoms with van der Waals surface area (Å²) < 4.78 is 0. The van der Waals surface area contributed by atoms with Gasteiger partial charge in [-0.2, -0.15) is 0 Å². The molecule has 2 aromatic rings. The van der Waals surface area contributed by atoms with Gasteiger partial charge in [0.05, 0.1) is 11.4 Å². The van der Waals surface area contributed by atoms with Crippen molar-refractivity contribution in [2.75, 3.05) is 42.4 Å². The van der Waals surface area contributed by atoms with Gasteiger partial charge in [-0.25, -0.2) is 0 Å². The van der Waals surface area contributed by atoms with Crippen LogP contribution < -0.4 is 20.0 Å². The van der Waals surface area contributed by atoms with Gasteiger partial charge in [0.1, 0.15) is 6.04 Å². The maximum absolute atomic E-state index is 12.8. The van der Waals surface area contributed by atoms with Crippen molar-refractivity contribution in [1.29, 1.82) is 0 Å². The summed E-state index contributed by atoms with van der Waals surface area (Å²) in [5.41, 5.74) is 4.61. The van der Waals surface area contributed by atoms with Gasteiger partial charge in [0, 0.05) is 45.5 Å². The number of amides is 2. The zero-order chi connectivity index (χ0) is 20.5. The molecule has 0 aromatic heterocycles. The number of nitrogens with zero attached hydrogens (tertiary/aromatic N) is 3. The second-order valence-electron chi connectivity index (χ2n) is 8.05. The molecular formula is C23H28N4O2. The molecule has 0 radical (unpaired) electrons. The normalized spacial score (nSPS) is 18.2. The van der Waals surface area contributed by atoms with E-state index >= 15 is 0 Å². The van der Waals surface area contributed by atoms with E-state index in [4.69, 9.17) is 0 Å². The van der Waals surface area contributed by atoms with Crippen molar-refractivity contribution >= 4 is 28.9 Å². The van der Waals surface area contributed by atoms with E-state index in [0.717, 1.165) is 48.4 Å². The molecule has 2 aromatic carbocycles. The maximum atomic E-state index is 12.8. The number of hydrogen-bond acceptors (Lipinski definition) is 4. The largest absolute Gasteiger partial charge is 0.378 e. The fraction of sp³-hybridized carbons (Fsp3) is 0.391. The first kappa shape index (κ1) is 19.3. The third-order valence-corrected chi connectivity index (χ3v) is 5.93. The highest BCUT2D eigenvalue weighted by molar-refractivity contribution is 6.07. The predicted octanol–water partition coefficient (Wildman–Crippen LogP) is 3.02. The van der Waals surface area contributed by atoms with Crippen LogP contribution in [0.4, 0.5) is 17.1 Å². The summed E-state index contributed by atoms with van der Waals surface area (Å²) in [7, 11) is 5.81. The van der Waals surface area contributed by atoms with Gasteiger partial charge in [-0.3, -0.25) is 9.59 Å². The molecule has 2 amide bonds. The van der Waals surface area contributed by atoms with Crippen LogP contribution >= 0.6 is 0 Å². The number of rotatable bonds is 4. The molecule has 1 atom stereocenters. The highest BCUT2D eigenvalue weighted by Crippen LogP contribution is 2.39. The van der Waals surface area contributed by atoms with Crippen LogP contribution in [0.25, 0.3) is 0 Å². The van der Waals surface area contributed by atoms with Crippen LogP contribution in [0.3, 0.4) is 0 Å². The lowest BCUT2D eigenvalue weighted by molar-refractivity contribution is -0.120. The molecule has 2 aliphatic heterocycles. The van der Waals surface area contributed by atoms with Gasteiger partial charge in [0.2, 0.25) is 5.91 Å². The number of piperidine rings is 1. The Kier molecular flexibility index (Phi) is 5.18. The molecule has 1 saturated heterocycles. The number of fused-ring (bicyclic) bond motifs is 3. The van der Waals surface area contributed by atoms with E-state index in [1.54, 1.807) is 11.9 Å². The average molecular weight is 393 g/mol. The first-order chi connectivity index (χ1) is 14.0. The van der Waals surface area contributed by atoms with E-state index < -0.39 is 0 Å². The Balaban J connectivity index is 1.49. The lowest BCUT2D eigenvalue weighted by atomic mass is 9.96. The molecule has 0 saturated carbocycles. The molecule has 6 nitrogen and oxygen atoms in total. The highest BCUT2D eigenvalue weighted by Gasteiger charge is 2.37. The van der Waals surface area contributed by atoms with Crippen molar-refractivity contribution in [3.05, 3.63) is 53.6 Å². The van der Waals surface area contributed by atoms with Crippen LogP contribution in [0.2, 0.25) is 0 Å². The third kappa shape index (κ3) is 3.67. The fourth-order valence-electron chi connectivity index (χ4n) is 4.19. The summed E-state index contributed by atoms with van der Waals surface area (Å²) in [6.07, 6.45) is 3.09. The van der Waals surface area contributed by atoms with Gasteiger partial charge in [0.15, 0.2) is 0 Å². The van der Waals surface area contributed by atoms with E-state index in [0.29, 0.717) is 12.1 Å². The van der Waals surface area contributed by atoms with E-state index in [9.17, 15) is 9.59 Å². The molecule has 2 heterocycles. The zero-order valence-electron chi connectivity index (χ0n) is 17.3. The predicted molar refractivity (Wildman–Crippen MR) is 117 cm³/mol. The van der Waals surface area contributed by atoms with Gasteiger partial charge >= 0.3 is 0 Å². The number of nitrogens with one attached hydrogen (secondary N) is 1. The van der Waals surface area contributed by atoms with Gasteiger partial charge in [-0.15, -0.1) is 0 Å². The second kappa shape index (κ2) is 7.78. The summed E-state index contributed by atoms with van der Waals surface area (Å²) in [6.45, 7) is 1.36. The first-order valence-electron chi connectivity index (χ1n) is 10.2. The molecule has 4 rings (SSSR count). The van der Waals surface area contributed by atoms with E-state index in [-0.39, 0.29) is 17.9 Å². The topological polar surface area (TPSA) is 55.9 Å². The molecule has 29 heavy (non-hydrogen) atoms. The molecule has 0 unspecified atom stereocenters. The lowest BCUT2D eigenvalue weighted by Gasteiger charge is -2.44. The quantitative estimate of drug-likeness (QED) is 0.869. The Morgan fingerprint density at radius 3 is 2.59 bits per heavy atom. The minimum Gasteiger partial charge on any atom is -0.378 e. The second-order valence-corrected chi connectivity index (χ2v) is 8.05. The van der Waals surface area contributed by atoms with E-state index in [1.165, 1.54) is 0 Å². The number of benzene rings is 2. The van der Waals surface area contributed by atoms with Crippen molar-refractivity contribution < 1.29 is 9.59 Å². The first-order valence-corrected chi connectivity index (χ1v) is 10.2. The van der Waals surface area contributed by atoms with Crippen molar-refractivity contribution in [1.82, 2.24) is 5.32 Å². The number of carbonyl (C=O) groups is 2. The summed E-state index contributed by atoms with van der Waals surface area (Å²) in [6, 6.07) is 13.7. The standard InChI is InChI=1S/C23H28N4O2/c1-25(2)18-10-7-16(8-11-18)15-24-22(28)17-9-12-19-21(14-17)26(3)23(29)20-6-4-5-13-27(19)20/h7-12,14,20H,4-6,13,15H2,1-3H3,(H,24,28)/t20-/m0/s1. The van der Waals surface area contributed by atoms with E-state index in [1.807, 2.05) is 61.5 Å². The van der Waals surface area contributed by atoms with Gasteiger partial charge in [-0.1, -0.05) is 12.1 Å². The van der Waals surface area contributed by atoms with Crippen LogP contribution in [-0.2, 0) is 11.3 Å². The molecule has 0 aliphatic carbocycles. The third-order valence-electron chi connectivity index (χ3n) is 5.93. The van der Waals surface area contributed by atoms with Crippen LogP contribution in [0.1, 0.15) is 35.2 Å². The van der Waals surface area contributed by atoms with Gasteiger partial charge in [-0.05, 0) is 55.2 Å². The number of hydrogen-bond donors (Lipinski definition) is 1.